The maximum absolute atomic E-state index is 2.32. The van der Waals surface area contributed by atoms with Gasteiger partial charge >= 0.3 is 0 Å². The Morgan fingerprint density at radius 2 is 1.92 bits per heavy atom. The second-order valence-corrected chi connectivity index (χ2v) is 3.67. The van der Waals surface area contributed by atoms with Gasteiger partial charge in [-0.1, -0.05) is 44.6 Å². The summed E-state index contributed by atoms with van der Waals surface area (Å²) in [4.78, 5) is 0. The van der Waals surface area contributed by atoms with Crippen LogP contribution in [0, 0.1) is 5.41 Å². The molecule has 0 saturated heterocycles. The fraction of sp³-hybridized carbons (Fsp3) is 0.667. The SMILES string of the molecule is CCC1=CC=CCC1(CC)CC. The van der Waals surface area contributed by atoms with Crippen LogP contribution < -0.4 is 0 Å². The van der Waals surface area contributed by atoms with Crippen molar-refractivity contribution in [3.63, 3.8) is 0 Å². The summed E-state index contributed by atoms with van der Waals surface area (Å²) < 4.78 is 0. The van der Waals surface area contributed by atoms with E-state index in [0.29, 0.717) is 5.41 Å². The van der Waals surface area contributed by atoms with Gasteiger partial charge in [0.05, 0.1) is 0 Å². The third-order valence-corrected chi connectivity index (χ3v) is 3.36. The zero-order valence-electron chi connectivity index (χ0n) is 8.56. The van der Waals surface area contributed by atoms with Crippen molar-refractivity contribution < 1.29 is 0 Å². The molecule has 1 aliphatic carbocycles. The first-order valence-corrected chi connectivity index (χ1v) is 5.15. The first kappa shape index (κ1) is 9.57. The summed E-state index contributed by atoms with van der Waals surface area (Å²) >= 11 is 0. The van der Waals surface area contributed by atoms with Crippen LogP contribution in [0.4, 0.5) is 0 Å². The minimum absolute atomic E-state index is 0.503. The van der Waals surface area contributed by atoms with Gasteiger partial charge in [0.2, 0.25) is 0 Å². The summed E-state index contributed by atoms with van der Waals surface area (Å²) in [5.74, 6) is 0. The van der Waals surface area contributed by atoms with Crippen LogP contribution >= 0.6 is 0 Å². The van der Waals surface area contributed by atoms with Gasteiger partial charge in [-0.2, -0.15) is 0 Å². The average Bonchev–Trinajstić information content (AvgIpc) is 2.17. The van der Waals surface area contributed by atoms with E-state index in [0.717, 1.165) is 0 Å². The first-order valence-electron chi connectivity index (χ1n) is 5.15. The van der Waals surface area contributed by atoms with Gasteiger partial charge in [-0.3, -0.25) is 0 Å². The third-order valence-electron chi connectivity index (χ3n) is 3.36. The van der Waals surface area contributed by atoms with E-state index in [1.807, 2.05) is 0 Å². The highest BCUT2D eigenvalue weighted by Crippen LogP contribution is 2.42. The first-order chi connectivity index (χ1) is 5.79. The van der Waals surface area contributed by atoms with Crippen LogP contribution in [0.1, 0.15) is 46.5 Å². The molecule has 0 amide bonds. The zero-order valence-corrected chi connectivity index (χ0v) is 8.56. The predicted molar refractivity (Wildman–Crippen MR) is 55.1 cm³/mol. The molecule has 0 N–H and O–H groups in total. The minimum atomic E-state index is 0.503. The summed E-state index contributed by atoms with van der Waals surface area (Å²) in [6, 6.07) is 0. The molecule has 0 unspecified atom stereocenters. The van der Waals surface area contributed by atoms with Gasteiger partial charge in [-0.25, -0.2) is 0 Å². The minimum Gasteiger partial charge on any atom is -0.0837 e. The summed E-state index contributed by atoms with van der Waals surface area (Å²) in [5.41, 5.74) is 2.15. The molecular formula is C12H20. The van der Waals surface area contributed by atoms with Crippen LogP contribution in [0.5, 0.6) is 0 Å². The van der Waals surface area contributed by atoms with E-state index in [1.165, 1.54) is 25.7 Å². The molecule has 0 saturated carbocycles. The Morgan fingerprint density at radius 3 is 2.33 bits per heavy atom. The van der Waals surface area contributed by atoms with Crippen molar-refractivity contribution in [3.05, 3.63) is 23.8 Å². The molecular weight excluding hydrogens is 144 g/mol. The lowest BCUT2D eigenvalue weighted by Gasteiger charge is -2.35. The molecule has 0 heterocycles. The number of allylic oxidation sites excluding steroid dienone is 4. The highest BCUT2D eigenvalue weighted by atomic mass is 14.3. The van der Waals surface area contributed by atoms with Crippen molar-refractivity contribution in [2.75, 3.05) is 0 Å². The molecule has 0 radical (unpaired) electrons. The molecule has 0 aliphatic heterocycles. The lowest BCUT2D eigenvalue weighted by Crippen LogP contribution is -2.22. The smallest absolute Gasteiger partial charge is 0.00558 e. The largest absolute Gasteiger partial charge is 0.0837 e. The molecule has 1 rings (SSSR count). The maximum atomic E-state index is 2.32. The van der Waals surface area contributed by atoms with E-state index in [9.17, 15) is 0 Å². The molecule has 0 aromatic rings. The number of hydrogen-bond donors (Lipinski definition) is 0. The van der Waals surface area contributed by atoms with Crippen molar-refractivity contribution in [1.29, 1.82) is 0 Å². The van der Waals surface area contributed by atoms with Crippen molar-refractivity contribution >= 4 is 0 Å². The van der Waals surface area contributed by atoms with Crippen molar-refractivity contribution in [3.8, 4) is 0 Å². The summed E-state index contributed by atoms with van der Waals surface area (Å²) in [7, 11) is 0. The molecule has 0 atom stereocenters. The molecule has 0 nitrogen and oxygen atoms in total. The molecule has 68 valence electrons. The molecule has 1 aliphatic rings. The molecule has 0 aromatic heterocycles. The van der Waals surface area contributed by atoms with Crippen LogP contribution in [0.25, 0.3) is 0 Å². The van der Waals surface area contributed by atoms with E-state index in [-0.39, 0.29) is 0 Å². The lowest BCUT2D eigenvalue weighted by atomic mass is 9.70. The molecule has 0 aromatic carbocycles. The Bertz CT molecular complexity index is 192. The molecule has 0 heteroatoms. The van der Waals surface area contributed by atoms with Gasteiger partial charge in [0.15, 0.2) is 0 Å². The Hall–Kier alpha value is -0.520. The van der Waals surface area contributed by atoms with Crippen molar-refractivity contribution in [1.82, 2.24) is 0 Å². The Kier molecular flexibility index (Phi) is 3.13. The van der Waals surface area contributed by atoms with E-state index >= 15 is 0 Å². The summed E-state index contributed by atoms with van der Waals surface area (Å²) in [6.07, 6.45) is 11.9. The van der Waals surface area contributed by atoms with Crippen LogP contribution in [0.3, 0.4) is 0 Å². The Labute approximate surface area is 76.4 Å². The fourth-order valence-corrected chi connectivity index (χ4v) is 2.27. The van der Waals surface area contributed by atoms with Crippen LogP contribution in [-0.2, 0) is 0 Å². The second-order valence-electron chi connectivity index (χ2n) is 3.67. The summed E-state index contributed by atoms with van der Waals surface area (Å²) in [6.45, 7) is 6.89. The van der Waals surface area contributed by atoms with Gasteiger partial charge in [0.25, 0.3) is 0 Å². The maximum Gasteiger partial charge on any atom is -0.00558 e. The quantitative estimate of drug-likeness (QED) is 0.589. The van der Waals surface area contributed by atoms with Gasteiger partial charge in [0.1, 0.15) is 0 Å². The normalized spacial score (nSPS) is 20.8. The standard InChI is InChI=1S/C12H20/c1-4-11-9-7-8-10-12(11,5-2)6-3/h7-9H,4-6,10H2,1-3H3. The van der Waals surface area contributed by atoms with E-state index in [1.54, 1.807) is 5.57 Å². The van der Waals surface area contributed by atoms with E-state index in [2.05, 4.69) is 39.0 Å². The average molecular weight is 164 g/mol. The fourth-order valence-electron chi connectivity index (χ4n) is 2.27. The molecule has 0 spiro atoms. The highest BCUT2D eigenvalue weighted by molar-refractivity contribution is 5.25. The molecule has 0 bridgehead atoms. The van der Waals surface area contributed by atoms with Gasteiger partial charge < -0.3 is 0 Å². The lowest BCUT2D eigenvalue weighted by molar-refractivity contribution is 0.319. The summed E-state index contributed by atoms with van der Waals surface area (Å²) in [5, 5.41) is 0. The van der Waals surface area contributed by atoms with Gasteiger partial charge in [-0.15, -0.1) is 0 Å². The monoisotopic (exact) mass is 164 g/mol. The molecule has 12 heavy (non-hydrogen) atoms. The Morgan fingerprint density at radius 1 is 1.25 bits per heavy atom. The topological polar surface area (TPSA) is 0 Å². The van der Waals surface area contributed by atoms with Gasteiger partial charge in [-0.05, 0) is 31.1 Å². The Balaban J connectivity index is 2.88. The zero-order chi connectivity index (χ0) is 9.03. The number of rotatable bonds is 3. The molecule has 0 fully saturated rings. The van der Waals surface area contributed by atoms with Gasteiger partial charge in [0, 0.05) is 0 Å². The van der Waals surface area contributed by atoms with Crippen LogP contribution in [-0.4, -0.2) is 0 Å². The van der Waals surface area contributed by atoms with Crippen molar-refractivity contribution in [2.45, 2.75) is 46.5 Å². The second kappa shape index (κ2) is 3.93. The van der Waals surface area contributed by atoms with Crippen LogP contribution in [0.15, 0.2) is 23.8 Å². The van der Waals surface area contributed by atoms with E-state index in [4.69, 9.17) is 0 Å². The van der Waals surface area contributed by atoms with E-state index < -0.39 is 0 Å². The number of hydrogen-bond acceptors (Lipinski definition) is 0. The highest BCUT2D eigenvalue weighted by Gasteiger charge is 2.29. The van der Waals surface area contributed by atoms with Crippen LogP contribution in [0.2, 0.25) is 0 Å². The predicted octanol–water partition coefficient (Wildman–Crippen LogP) is 4.09. The van der Waals surface area contributed by atoms with Crippen molar-refractivity contribution in [2.24, 2.45) is 5.41 Å². The third kappa shape index (κ3) is 1.48.